The molecule has 0 aliphatic carbocycles. The zero-order chi connectivity index (χ0) is 18.8. The van der Waals surface area contributed by atoms with E-state index in [-0.39, 0.29) is 23.1 Å². The van der Waals surface area contributed by atoms with Gasteiger partial charge in [-0.25, -0.2) is 0 Å². The van der Waals surface area contributed by atoms with Gasteiger partial charge < -0.3 is 13.7 Å². The highest BCUT2D eigenvalue weighted by Gasteiger charge is 2.30. The van der Waals surface area contributed by atoms with Crippen LogP contribution in [-0.4, -0.2) is 39.0 Å². The zero-order valence-corrected chi connectivity index (χ0v) is 14.3. The maximum Gasteiger partial charge on any atom is 0.282 e. The number of benzene rings is 1. The van der Waals surface area contributed by atoms with Gasteiger partial charge in [-0.2, -0.15) is 0 Å². The summed E-state index contributed by atoms with van der Waals surface area (Å²) in [4.78, 5) is 24.9. The Morgan fingerprint density at radius 3 is 2.67 bits per heavy atom. The van der Waals surface area contributed by atoms with Crippen molar-refractivity contribution in [2.75, 3.05) is 13.1 Å². The standard InChI is InChI=1S/C18H16N4O5/c23-18(14-3-1-2-4-15(14)22(24)25)21-8-5-12(6-9-21)16-19-20-17(27-16)13-7-10-26-11-13/h1-4,7,10-12H,5-6,8-9H2. The molecular formula is C18H16N4O5. The number of carbonyl (C=O) groups excluding carboxylic acids is 1. The predicted octanol–water partition coefficient (Wildman–Crippen LogP) is 3.26. The number of furan rings is 1. The van der Waals surface area contributed by atoms with Crippen molar-refractivity contribution in [1.29, 1.82) is 0 Å². The van der Waals surface area contributed by atoms with Crippen LogP contribution in [0.5, 0.6) is 0 Å². The van der Waals surface area contributed by atoms with E-state index in [1.807, 2.05) is 0 Å². The molecule has 27 heavy (non-hydrogen) atoms. The quantitative estimate of drug-likeness (QED) is 0.512. The third-order valence-electron chi connectivity index (χ3n) is 4.67. The number of para-hydroxylation sites is 1. The number of hydrogen-bond donors (Lipinski definition) is 0. The first-order valence-corrected chi connectivity index (χ1v) is 8.52. The highest BCUT2D eigenvalue weighted by atomic mass is 16.6. The average Bonchev–Trinajstić information content (AvgIpc) is 3.39. The lowest BCUT2D eigenvalue weighted by molar-refractivity contribution is -0.385. The van der Waals surface area contributed by atoms with Crippen LogP contribution >= 0.6 is 0 Å². The topological polar surface area (TPSA) is 116 Å². The molecular weight excluding hydrogens is 352 g/mol. The van der Waals surface area contributed by atoms with E-state index in [1.165, 1.54) is 24.7 Å². The van der Waals surface area contributed by atoms with Crippen LogP contribution in [0.1, 0.15) is 35.0 Å². The lowest BCUT2D eigenvalue weighted by Gasteiger charge is -2.30. The van der Waals surface area contributed by atoms with Crippen LogP contribution in [0, 0.1) is 10.1 Å². The molecule has 0 radical (unpaired) electrons. The van der Waals surface area contributed by atoms with Gasteiger partial charge in [0, 0.05) is 25.1 Å². The highest BCUT2D eigenvalue weighted by Crippen LogP contribution is 2.30. The van der Waals surface area contributed by atoms with Crippen LogP contribution in [0.4, 0.5) is 5.69 Å². The van der Waals surface area contributed by atoms with E-state index < -0.39 is 4.92 Å². The number of nitro benzene ring substituents is 1. The van der Waals surface area contributed by atoms with E-state index in [1.54, 1.807) is 23.1 Å². The number of aromatic nitrogens is 2. The van der Waals surface area contributed by atoms with Crippen LogP contribution in [0.3, 0.4) is 0 Å². The summed E-state index contributed by atoms with van der Waals surface area (Å²) in [5.74, 6) is 0.652. The average molecular weight is 368 g/mol. The summed E-state index contributed by atoms with van der Waals surface area (Å²) in [5.41, 5.74) is 0.657. The Bertz CT molecular complexity index is 958. The molecule has 9 nitrogen and oxygen atoms in total. The van der Waals surface area contributed by atoms with Crippen LogP contribution in [-0.2, 0) is 0 Å². The SMILES string of the molecule is O=C(c1ccccc1[N+](=O)[O-])N1CCC(c2nnc(-c3ccoc3)o2)CC1. The van der Waals surface area contributed by atoms with Gasteiger partial charge in [0.15, 0.2) is 0 Å². The van der Waals surface area contributed by atoms with Gasteiger partial charge in [0.25, 0.3) is 17.5 Å². The first kappa shape index (κ1) is 17.0. The third-order valence-corrected chi connectivity index (χ3v) is 4.67. The molecule has 0 spiro atoms. The van der Waals surface area contributed by atoms with Crippen molar-refractivity contribution in [3.63, 3.8) is 0 Å². The normalized spacial score (nSPS) is 15.0. The van der Waals surface area contributed by atoms with Crippen LogP contribution in [0.15, 0.2) is 51.7 Å². The third kappa shape index (κ3) is 3.31. The van der Waals surface area contributed by atoms with E-state index in [0.29, 0.717) is 37.7 Å². The molecule has 0 saturated carbocycles. The second-order valence-electron chi connectivity index (χ2n) is 6.30. The summed E-state index contributed by atoms with van der Waals surface area (Å²) >= 11 is 0. The van der Waals surface area contributed by atoms with Crippen molar-refractivity contribution in [3.8, 4) is 11.5 Å². The first-order valence-electron chi connectivity index (χ1n) is 8.52. The Labute approximate surface area is 153 Å². The van der Waals surface area contributed by atoms with E-state index in [0.717, 1.165) is 5.56 Å². The maximum atomic E-state index is 12.7. The molecule has 3 aromatic rings. The van der Waals surface area contributed by atoms with Gasteiger partial charge in [-0.3, -0.25) is 14.9 Å². The number of piperidine rings is 1. The summed E-state index contributed by atoms with van der Waals surface area (Å²) in [6, 6.07) is 7.75. The molecule has 3 heterocycles. The zero-order valence-electron chi connectivity index (χ0n) is 14.3. The molecule has 9 heteroatoms. The fourth-order valence-corrected chi connectivity index (χ4v) is 3.22. The van der Waals surface area contributed by atoms with Gasteiger partial charge in [0.2, 0.25) is 5.89 Å². The number of carbonyl (C=O) groups is 1. The molecule has 1 aromatic carbocycles. The molecule has 138 valence electrons. The molecule has 4 rings (SSSR count). The molecule has 0 atom stereocenters. The summed E-state index contributed by atoms with van der Waals surface area (Å²) in [5, 5.41) is 19.3. The number of nitrogens with zero attached hydrogens (tertiary/aromatic N) is 4. The smallest absolute Gasteiger partial charge is 0.282 e. The molecule has 1 aliphatic heterocycles. The first-order chi connectivity index (χ1) is 13.1. The monoisotopic (exact) mass is 368 g/mol. The van der Waals surface area contributed by atoms with Crippen LogP contribution in [0.2, 0.25) is 0 Å². The van der Waals surface area contributed by atoms with E-state index in [2.05, 4.69) is 10.2 Å². The summed E-state index contributed by atoms with van der Waals surface area (Å²) in [6.45, 7) is 0.942. The minimum atomic E-state index is -0.532. The Kier molecular flexibility index (Phi) is 4.41. The Morgan fingerprint density at radius 1 is 1.19 bits per heavy atom. The fraction of sp³-hybridized carbons (Fsp3) is 0.278. The Hall–Kier alpha value is -3.49. The van der Waals surface area contributed by atoms with Crippen molar-refractivity contribution >= 4 is 11.6 Å². The minimum absolute atomic E-state index is 0.0490. The van der Waals surface area contributed by atoms with Gasteiger partial charge in [0.05, 0.1) is 16.7 Å². The molecule has 1 fully saturated rings. The predicted molar refractivity (Wildman–Crippen MR) is 93.0 cm³/mol. The van der Waals surface area contributed by atoms with Gasteiger partial charge in [-0.1, -0.05) is 12.1 Å². The van der Waals surface area contributed by atoms with Gasteiger partial charge in [-0.05, 0) is 25.0 Å². The summed E-state index contributed by atoms with van der Waals surface area (Å²) < 4.78 is 10.7. The summed E-state index contributed by atoms with van der Waals surface area (Å²) in [7, 11) is 0. The van der Waals surface area contributed by atoms with Crippen LogP contribution < -0.4 is 0 Å². The fourth-order valence-electron chi connectivity index (χ4n) is 3.22. The Morgan fingerprint density at radius 2 is 1.96 bits per heavy atom. The van der Waals surface area contributed by atoms with Crippen molar-refractivity contribution < 1.29 is 18.6 Å². The second-order valence-corrected chi connectivity index (χ2v) is 6.30. The number of hydrogen-bond acceptors (Lipinski definition) is 7. The minimum Gasteiger partial charge on any atom is -0.472 e. The number of rotatable bonds is 4. The summed E-state index contributed by atoms with van der Waals surface area (Å²) in [6.07, 6.45) is 4.37. The number of likely N-dealkylation sites (tertiary alicyclic amines) is 1. The number of nitro groups is 1. The lowest BCUT2D eigenvalue weighted by atomic mass is 9.96. The van der Waals surface area contributed by atoms with Crippen LogP contribution in [0.25, 0.3) is 11.5 Å². The Balaban J connectivity index is 1.43. The van der Waals surface area contributed by atoms with Gasteiger partial charge >= 0.3 is 0 Å². The largest absolute Gasteiger partial charge is 0.472 e. The van der Waals surface area contributed by atoms with Crippen molar-refractivity contribution in [2.45, 2.75) is 18.8 Å². The van der Waals surface area contributed by atoms with Crippen molar-refractivity contribution in [1.82, 2.24) is 15.1 Å². The molecule has 1 aliphatic rings. The lowest BCUT2D eigenvalue weighted by Crippen LogP contribution is -2.38. The maximum absolute atomic E-state index is 12.7. The molecule has 0 N–H and O–H groups in total. The van der Waals surface area contributed by atoms with Gasteiger partial charge in [0.1, 0.15) is 11.8 Å². The van der Waals surface area contributed by atoms with Crippen molar-refractivity contribution in [2.24, 2.45) is 0 Å². The molecule has 0 unspecified atom stereocenters. The molecule has 1 saturated heterocycles. The molecule has 2 aromatic heterocycles. The number of amides is 1. The highest BCUT2D eigenvalue weighted by molar-refractivity contribution is 5.98. The van der Waals surface area contributed by atoms with Gasteiger partial charge in [-0.15, -0.1) is 10.2 Å². The second kappa shape index (κ2) is 7.02. The van der Waals surface area contributed by atoms with E-state index in [4.69, 9.17) is 8.83 Å². The van der Waals surface area contributed by atoms with E-state index >= 15 is 0 Å². The van der Waals surface area contributed by atoms with Crippen molar-refractivity contribution in [3.05, 3.63) is 64.4 Å². The van der Waals surface area contributed by atoms with E-state index in [9.17, 15) is 14.9 Å². The molecule has 0 bridgehead atoms. The molecule has 1 amide bonds.